The second-order valence-corrected chi connectivity index (χ2v) is 8.39. The van der Waals surface area contributed by atoms with Crippen molar-refractivity contribution in [1.82, 2.24) is 5.32 Å². The summed E-state index contributed by atoms with van der Waals surface area (Å²) in [7, 11) is 0. The molecule has 0 unspecified atom stereocenters. The summed E-state index contributed by atoms with van der Waals surface area (Å²) in [6.07, 6.45) is 19.4. The summed E-state index contributed by atoms with van der Waals surface area (Å²) >= 11 is 0. The molecule has 0 heterocycles. The predicted molar refractivity (Wildman–Crippen MR) is 91.4 cm³/mol. The number of nitrogens with one attached hydrogen (secondary N) is 1. The zero-order valence-electron chi connectivity index (χ0n) is 14.3. The van der Waals surface area contributed by atoms with E-state index in [4.69, 9.17) is 0 Å². The summed E-state index contributed by atoms with van der Waals surface area (Å²) < 4.78 is 0. The highest BCUT2D eigenvalue weighted by Crippen LogP contribution is 2.53. The average molecular weight is 292 g/mol. The molecule has 0 amide bonds. The van der Waals surface area contributed by atoms with Crippen LogP contribution in [0.25, 0.3) is 0 Å². The van der Waals surface area contributed by atoms with Gasteiger partial charge in [0.15, 0.2) is 0 Å². The van der Waals surface area contributed by atoms with Crippen LogP contribution in [-0.2, 0) is 0 Å². The van der Waals surface area contributed by atoms with Crippen LogP contribution in [0.2, 0.25) is 0 Å². The van der Waals surface area contributed by atoms with E-state index in [1.807, 2.05) is 0 Å². The van der Waals surface area contributed by atoms with Crippen LogP contribution >= 0.6 is 0 Å². The summed E-state index contributed by atoms with van der Waals surface area (Å²) in [5, 5.41) is 3.98. The van der Waals surface area contributed by atoms with Gasteiger partial charge in [0.05, 0.1) is 0 Å². The highest BCUT2D eigenvalue weighted by Gasteiger charge is 2.47. The molecule has 21 heavy (non-hydrogen) atoms. The van der Waals surface area contributed by atoms with Crippen molar-refractivity contribution >= 4 is 0 Å². The smallest absolute Gasteiger partial charge is 0.0124 e. The van der Waals surface area contributed by atoms with Crippen LogP contribution in [0, 0.1) is 23.7 Å². The zero-order valence-corrected chi connectivity index (χ0v) is 14.3. The van der Waals surface area contributed by atoms with E-state index in [9.17, 15) is 0 Å². The molecule has 0 aliphatic heterocycles. The lowest BCUT2D eigenvalue weighted by molar-refractivity contribution is -0.0135. The molecule has 1 heteroatoms. The molecule has 4 bridgehead atoms. The molecular formula is C20H37N. The van der Waals surface area contributed by atoms with Crippen LogP contribution < -0.4 is 5.32 Å². The van der Waals surface area contributed by atoms with Gasteiger partial charge < -0.3 is 5.32 Å². The molecule has 0 aromatic carbocycles. The van der Waals surface area contributed by atoms with E-state index in [0.29, 0.717) is 0 Å². The Morgan fingerprint density at radius 2 is 1.19 bits per heavy atom. The van der Waals surface area contributed by atoms with Crippen molar-refractivity contribution in [1.29, 1.82) is 0 Å². The van der Waals surface area contributed by atoms with Crippen LogP contribution in [-0.4, -0.2) is 12.6 Å². The van der Waals surface area contributed by atoms with E-state index in [-0.39, 0.29) is 0 Å². The summed E-state index contributed by atoms with van der Waals surface area (Å²) in [6.45, 7) is 3.59. The molecule has 1 nitrogen and oxygen atoms in total. The first-order chi connectivity index (χ1) is 10.4. The maximum Gasteiger partial charge on any atom is 0.0124 e. The second kappa shape index (κ2) is 7.99. The van der Waals surface area contributed by atoms with Crippen molar-refractivity contribution in [2.75, 3.05) is 6.54 Å². The lowest BCUT2D eigenvalue weighted by Crippen LogP contribution is -2.54. The molecule has 0 spiro atoms. The largest absolute Gasteiger partial charge is 0.313 e. The molecule has 4 fully saturated rings. The van der Waals surface area contributed by atoms with Gasteiger partial charge in [-0.15, -0.1) is 0 Å². The third kappa shape index (κ3) is 4.24. The summed E-state index contributed by atoms with van der Waals surface area (Å²) in [4.78, 5) is 0. The van der Waals surface area contributed by atoms with E-state index in [1.165, 1.54) is 57.9 Å². The van der Waals surface area contributed by atoms with Gasteiger partial charge in [-0.05, 0) is 68.7 Å². The average Bonchev–Trinajstić information content (AvgIpc) is 2.47. The molecule has 4 aliphatic rings. The van der Waals surface area contributed by atoms with E-state index in [2.05, 4.69) is 12.2 Å². The van der Waals surface area contributed by atoms with Crippen molar-refractivity contribution in [3.05, 3.63) is 0 Å². The molecule has 1 N–H and O–H groups in total. The number of unbranched alkanes of at least 4 members (excludes halogenated alkanes) is 7. The lowest BCUT2D eigenvalue weighted by atomic mass is 9.54. The topological polar surface area (TPSA) is 12.0 Å². The van der Waals surface area contributed by atoms with Crippen LogP contribution in [0.3, 0.4) is 0 Å². The molecule has 0 radical (unpaired) electrons. The van der Waals surface area contributed by atoms with Crippen molar-refractivity contribution < 1.29 is 0 Å². The summed E-state index contributed by atoms with van der Waals surface area (Å²) in [5.74, 6) is 4.34. The fourth-order valence-electron chi connectivity index (χ4n) is 5.79. The van der Waals surface area contributed by atoms with Crippen LogP contribution in [0.15, 0.2) is 0 Å². The fraction of sp³-hybridized carbons (Fsp3) is 1.00. The van der Waals surface area contributed by atoms with Gasteiger partial charge in [0, 0.05) is 6.04 Å². The van der Waals surface area contributed by atoms with Gasteiger partial charge in [0.2, 0.25) is 0 Å². The third-order valence-corrected chi connectivity index (χ3v) is 6.64. The Bertz CT molecular complexity index is 270. The summed E-state index contributed by atoms with van der Waals surface area (Å²) in [6, 6.07) is 0.905. The highest BCUT2D eigenvalue weighted by atomic mass is 14.9. The van der Waals surface area contributed by atoms with Crippen molar-refractivity contribution in [3.8, 4) is 0 Å². The maximum atomic E-state index is 3.98. The van der Waals surface area contributed by atoms with Gasteiger partial charge in [-0.1, -0.05) is 51.9 Å². The van der Waals surface area contributed by atoms with E-state index < -0.39 is 0 Å². The SMILES string of the molecule is CCCCCCCCCCNC1C2CC3CC(C2)CC1C3. The predicted octanol–water partition coefficient (Wildman–Crippen LogP) is 5.54. The van der Waals surface area contributed by atoms with Gasteiger partial charge in [0.1, 0.15) is 0 Å². The first-order valence-electron chi connectivity index (χ1n) is 10.1. The first-order valence-corrected chi connectivity index (χ1v) is 10.1. The standard InChI is InChI=1S/C20H37N/c1-2-3-4-5-6-7-8-9-10-21-20-18-12-16-11-17(14-18)15-19(20)13-16/h16-21H,2-15H2,1H3. The van der Waals surface area contributed by atoms with Crippen molar-refractivity contribution in [2.24, 2.45) is 23.7 Å². The Labute approximate surface area is 132 Å². The highest BCUT2D eigenvalue weighted by molar-refractivity contribution is 5.01. The Morgan fingerprint density at radius 1 is 0.667 bits per heavy atom. The number of hydrogen-bond acceptors (Lipinski definition) is 1. The maximum absolute atomic E-state index is 3.98. The fourth-order valence-corrected chi connectivity index (χ4v) is 5.79. The zero-order chi connectivity index (χ0) is 14.5. The Kier molecular flexibility index (Phi) is 6.03. The molecule has 0 saturated heterocycles. The van der Waals surface area contributed by atoms with Gasteiger partial charge in [-0.3, -0.25) is 0 Å². The Morgan fingerprint density at radius 3 is 1.76 bits per heavy atom. The van der Waals surface area contributed by atoms with Crippen LogP contribution in [0.1, 0.15) is 90.4 Å². The number of rotatable bonds is 10. The Hall–Kier alpha value is -0.0400. The monoisotopic (exact) mass is 291 g/mol. The molecular weight excluding hydrogens is 254 g/mol. The summed E-state index contributed by atoms with van der Waals surface area (Å²) in [5.41, 5.74) is 0. The van der Waals surface area contributed by atoms with Crippen molar-refractivity contribution in [2.45, 2.75) is 96.4 Å². The molecule has 4 saturated carbocycles. The quantitative estimate of drug-likeness (QED) is 0.521. The minimum atomic E-state index is 0.905. The minimum absolute atomic E-state index is 0.905. The van der Waals surface area contributed by atoms with Gasteiger partial charge in [0.25, 0.3) is 0 Å². The van der Waals surface area contributed by atoms with Crippen molar-refractivity contribution in [3.63, 3.8) is 0 Å². The van der Waals surface area contributed by atoms with Gasteiger partial charge in [-0.25, -0.2) is 0 Å². The molecule has 4 aliphatic carbocycles. The van der Waals surface area contributed by atoms with Gasteiger partial charge >= 0.3 is 0 Å². The number of hydrogen-bond donors (Lipinski definition) is 1. The van der Waals surface area contributed by atoms with E-state index >= 15 is 0 Å². The van der Waals surface area contributed by atoms with E-state index in [1.54, 1.807) is 32.1 Å². The Balaban J connectivity index is 1.23. The normalized spacial score (nSPS) is 37.3. The minimum Gasteiger partial charge on any atom is -0.313 e. The lowest BCUT2D eigenvalue weighted by Gasteiger charge is -2.54. The van der Waals surface area contributed by atoms with Gasteiger partial charge in [-0.2, -0.15) is 0 Å². The molecule has 122 valence electrons. The molecule has 0 aromatic heterocycles. The molecule has 4 rings (SSSR count). The second-order valence-electron chi connectivity index (χ2n) is 8.39. The van der Waals surface area contributed by atoms with E-state index in [0.717, 1.165) is 29.7 Å². The van der Waals surface area contributed by atoms with Crippen LogP contribution in [0.4, 0.5) is 0 Å². The first kappa shape index (κ1) is 15.8. The molecule has 0 aromatic rings. The molecule has 0 atom stereocenters. The third-order valence-electron chi connectivity index (χ3n) is 6.64. The van der Waals surface area contributed by atoms with Crippen LogP contribution in [0.5, 0.6) is 0 Å².